The molecule has 0 unspecified atom stereocenters. The number of hydrogen-bond donors (Lipinski definition) is 0. The van der Waals surface area contributed by atoms with Gasteiger partial charge >= 0.3 is 11.9 Å². The fourth-order valence-electron chi connectivity index (χ4n) is 6.69. The predicted octanol–water partition coefficient (Wildman–Crippen LogP) is 4.75. The summed E-state index contributed by atoms with van der Waals surface area (Å²) in [5.74, 6) is 0.357. The third-order valence-electron chi connectivity index (χ3n) is 9.32. The molecule has 0 N–H and O–H groups in total. The fraction of sp³-hybridized carbons (Fsp3) is 0.760. The summed E-state index contributed by atoms with van der Waals surface area (Å²) in [6, 6.07) is 0. The first-order valence-electron chi connectivity index (χ1n) is 11.4. The van der Waals surface area contributed by atoms with Crippen LogP contribution in [0.4, 0.5) is 0 Å². The van der Waals surface area contributed by atoms with Crippen molar-refractivity contribution in [2.75, 3.05) is 6.61 Å². The predicted molar refractivity (Wildman–Crippen MR) is 114 cm³/mol. The van der Waals surface area contributed by atoms with E-state index in [4.69, 9.17) is 14.2 Å². The van der Waals surface area contributed by atoms with Crippen LogP contribution < -0.4 is 0 Å². The third-order valence-corrected chi connectivity index (χ3v) is 9.32. The smallest absolute Gasteiger partial charge is 0.333 e. The van der Waals surface area contributed by atoms with Gasteiger partial charge in [-0.15, -0.1) is 0 Å². The largest absolute Gasteiger partial charge is 0.458 e. The van der Waals surface area contributed by atoms with Gasteiger partial charge in [-0.25, -0.2) is 9.59 Å². The molecule has 2 aliphatic heterocycles. The standard InChI is InChI=1S/C25H36O5/c1-7-15(2)22(27)29-20-12-16(3)23(4,11-10-17-13-21(26)28-14-17)18-8-9-19-25(6,30-19)24(18,20)5/h7,13,16,18-20H,8-12,14H2,1-6H3/b15-7-/t16-,18+,19-,20-,23-,24+,25-/m1/s1. The highest BCUT2D eigenvalue weighted by molar-refractivity contribution is 5.87. The Bertz CT molecular complexity index is 812. The molecule has 30 heavy (non-hydrogen) atoms. The molecule has 2 saturated carbocycles. The quantitative estimate of drug-likeness (QED) is 0.368. The Hall–Kier alpha value is -1.62. The highest BCUT2D eigenvalue weighted by Crippen LogP contribution is 2.70. The van der Waals surface area contributed by atoms with E-state index in [0.29, 0.717) is 24.0 Å². The molecular weight excluding hydrogens is 380 g/mol. The van der Waals surface area contributed by atoms with Crippen molar-refractivity contribution in [1.82, 2.24) is 0 Å². The molecule has 0 radical (unpaired) electrons. The second-order valence-electron chi connectivity index (χ2n) is 10.5. The highest BCUT2D eigenvalue weighted by Gasteiger charge is 2.75. The van der Waals surface area contributed by atoms with Gasteiger partial charge in [0.25, 0.3) is 0 Å². The molecule has 2 aliphatic carbocycles. The summed E-state index contributed by atoms with van der Waals surface area (Å²) in [5.41, 5.74) is 1.37. The van der Waals surface area contributed by atoms with Crippen molar-refractivity contribution in [1.29, 1.82) is 0 Å². The van der Waals surface area contributed by atoms with Gasteiger partial charge in [-0.2, -0.15) is 0 Å². The average molecular weight is 417 g/mol. The number of epoxide rings is 1. The summed E-state index contributed by atoms with van der Waals surface area (Å²) in [4.78, 5) is 24.2. The SMILES string of the molecule is C/C=C(/C)C(=O)O[C@@H]1C[C@@H](C)[C@@](C)(CCC2=CC(=O)OC2)[C@@H]2CC[C@H]3O[C@@]3(C)[C@]12C. The summed E-state index contributed by atoms with van der Waals surface area (Å²) in [5, 5.41) is 0. The molecule has 0 spiro atoms. The van der Waals surface area contributed by atoms with Crippen LogP contribution in [0.25, 0.3) is 0 Å². The van der Waals surface area contributed by atoms with Crippen LogP contribution in [0.15, 0.2) is 23.3 Å². The highest BCUT2D eigenvalue weighted by atomic mass is 16.6. The minimum absolute atomic E-state index is 0.0830. The van der Waals surface area contributed by atoms with Crippen LogP contribution in [-0.4, -0.2) is 36.4 Å². The summed E-state index contributed by atoms with van der Waals surface area (Å²) in [7, 11) is 0. The maximum atomic E-state index is 12.7. The van der Waals surface area contributed by atoms with E-state index in [1.807, 2.05) is 19.9 Å². The number of fused-ring (bicyclic) bond motifs is 3. The number of hydrogen-bond acceptors (Lipinski definition) is 5. The lowest BCUT2D eigenvalue weighted by Gasteiger charge is -2.61. The number of carbonyl (C=O) groups excluding carboxylic acids is 2. The Labute approximate surface area is 180 Å². The number of ether oxygens (including phenoxy) is 3. The summed E-state index contributed by atoms with van der Waals surface area (Å²) in [6.07, 6.45) is 8.46. The average Bonchev–Trinajstić information content (AvgIpc) is 3.23. The Morgan fingerprint density at radius 2 is 2.03 bits per heavy atom. The van der Waals surface area contributed by atoms with E-state index < -0.39 is 0 Å². The number of carbonyl (C=O) groups is 2. The van der Waals surface area contributed by atoms with Crippen molar-refractivity contribution in [2.24, 2.45) is 22.7 Å². The second-order valence-corrected chi connectivity index (χ2v) is 10.5. The van der Waals surface area contributed by atoms with Crippen molar-refractivity contribution >= 4 is 11.9 Å². The van der Waals surface area contributed by atoms with Gasteiger partial charge in [0.05, 0.1) is 6.10 Å². The lowest BCUT2D eigenvalue weighted by atomic mass is 9.43. The van der Waals surface area contributed by atoms with Crippen molar-refractivity contribution in [3.8, 4) is 0 Å². The minimum atomic E-state index is -0.238. The van der Waals surface area contributed by atoms with Gasteiger partial charge in [0, 0.05) is 17.1 Å². The van der Waals surface area contributed by atoms with Crippen LogP contribution in [0.2, 0.25) is 0 Å². The zero-order valence-electron chi connectivity index (χ0n) is 19.2. The molecule has 0 amide bonds. The molecule has 4 rings (SSSR count). The van der Waals surface area contributed by atoms with Crippen LogP contribution in [0, 0.1) is 22.7 Å². The van der Waals surface area contributed by atoms with Gasteiger partial charge in [0.2, 0.25) is 0 Å². The van der Waals surface area contributed by atoms with E-state index in [-0.39, 0.29) is 40.6 Å². The van der Waals surface area contributed by atoms with Crippen molar-refractivity contribution in [3.05, 3.63) is 23.3 Å². The molecule has 4 aliphatic rings. The lowest BCUT2D eigenvalue weighted by molar-refractivity contribution is -0.196. The topological polar surface area (TPSA) is 65.1 Å². The lowest BCUT2D eigenvalue weighted by Crippen LogP contribution is -2.63. The maximum absolute atomic E-state index is 12.7. The number of allylic oxidation sites excluding steroid dienone is 1. The van der Waals surface area contributed by atoms with Crippen LogP contribution in [0.3, 0.4) is 0 Å². The van der Waals surface area contributed by atoms with Crippen molar-refractivity contribution in [3.63, 3.8) is 0 Å². The monoisotopic (exact) mass is 416 g/mol. The van der Waals surface area contributed by atoms with Crippen LogP contribution >= 0.6 is 0 Å². The van der Waals surface area contributed by atoms with E-state index in [1.165, 1.54) is 0 Å². The van der Waals surface area contributed by atoms with Crippen molar-refractivity contribution in [2.45, 2.75) is 91.5 Å². The van der Waals surface area contributed by atoms with E-state index in [0.717, 1.165) is 37.7 Å². The van der Waals surface area contributed by atoms with Crippen LogP contribution in [0.5, 0.6) is 0 Å². The van der Waals surface area contributed by atoms with Gasteiger partial charge < -0.3 is 14.2 Å². The molecule has 7 atom stereocenters. The fourth-order valence-corrected chi connectivity index (χ4v) is 6.69. The molecule has 5 nitrogen and oxygen atoms in total. The molecule has 0 aromatic heterocycles. The number of cyclic esters (lactones) is 1. The van der Waals surface area contributed by atoms with Gasteiger partial charge in [0.1, 0.15) is 18.3 Å². The van der Waals surface area contributed by atoms with E-state index in [1.54, 1.807) is 6.08 Å². The van der Waals surface area contributed by atoms with Gasteiger partial charge in [-0.1, -0.05) is 26.8 Å². The molecule has 1 saturated heterocycles. The van der Waals surface area contributed by atoms with Crippen LogP contribution in [-0.2, 0) is 23.8 Å². The Balaban J connectivity index is 1.63. The summed E-state index contributed by atoms with van der Waals surface area (Å²) < 4.78 is 17.6. The van der Waals surface area contributed by atoms with E-state index in [2.05, 4.69) is 27.7 Å². The zero-order chi connectivity index (χ0) is 21.9. The minimum Gasteiger partial charge on any atom is -0.458 e. The molecule has 3 fully saturated rings. The molecular formula is C25H36O5. The maximum Gasteiger partial charge on any atom is 0.333 e. The molecule has 166 valence electrons. The van der Waals surface area contributed by atoms with Crippen LogP contribution in [0.1, 0.15) is 73.6 Å². The van der Waals surface area contributed by atoms with Gasteiger partial charge in [0.15, 0.2) is 0 Å². The van der Waals surface area contributed by atoms with Gasteiger partial charge in [-0.3, -0.25) is 0 Å². The zero-order valence-corrected chi connectivity index (χ0v) is 19.2. The van der Waals surface area contributed by atoms with Crippen molar-refractivity contribution < 1.29 is 23.8 Å². The molecule has 0 bridgehead atoms. The number of rotatable bonds is 5. The first-order valence-corrected chi connectivity index (χ1v) is 11.4. The Morgan fingerprint density at radius 3 is 2.67 bits per heavy atom. The second kappa shape index (κ2) is 7.22. The normalized spacial score (nSPS) is 45.2. The Kier molecular flexibility index (Phi) is 5.20. The van der Waals surface area contributed by atoms with Gasteiger partial charge in [-0.05, 0) is 75.7 Å². The molecule has 0 aromatic rings. The van der Waals surface area contributed by atoms with E-state index >= 15 is 0 Å². The molecule has 0 aromatic carbocycles. The third kappa shape index (κ3) is 3.07. The van der Waals surface area contributed by atoms with E-state index in [9.17, 15) is 9.59 Å². The first kappa shape index (κ1) is 21.6. The molecule has 5 heteroatoms. The summed E-state index contributed by atoms with van der Waals surface area (Å²) >= 11 is 0. The Morgan fingerprint density at radius 1 is 1.30 bits per heavy atom. The molecule has 2 heterocycles. The first-order chi connectivity index (χ1) is 14.1. The number of esters is 2. The summed E-state index contributed by atoms with van der Waals surface area (Å²) in [6.45, 7) is 13.3.